The van der Waals surface area contributed by atoms with Crippen LogP contribution in [-0.2, 0) is 0 Å². The van der Waals surface area contributed by atoms with E-state index in [0.717, 1.165) is 0 Å². The van der Waals surface area contributed by atoms with Crippen LogP contribution in [0.15, 0.2) is 24.3 Å². The van der Waals surface area contributed by atoms with Crippen molar-refractivity contribution in [1.82, 2.24) is 5.32 Å². The third kappa shape index (κ3) is 2.73. The number of amides is 1. The molecule has 0 heterocycles. The standard InChI is InChI=1S/C12H16N2O2/c13-11(8-1-2-8)7-14-12(16)9-3-5-10(15)6-4-9/h3-6,8,11,15H,1-2,7,13H2,(H,14,16). The summed E-state index contributed by atoms with van der Waals surface area (Å²) in [4.78, 5) is 11.7. The predicted octanol–water partition coefficient (Wildman–Crippen LogP) is 0.859. The molecule has 1 unspecified atom stereocenters. The summed E-state index contributed by atoms with van der Waals surface area (Å²) < 4.78 is 0. The van der Waals surface area contributed by atoms with Gasteiger partial charge in [-0.1, -0.05) is 0 Å². The number of carbonyl (C=O) groups excluding carboxylic acids is 1. The maximum atomic E-state index is 11.7. The first-order valence-electron chi connectivity index (χ1n) is 5.49. The molecular weight excluding hydrogens is 204 g/mol. The summed E-state index contributed by atoms with van der Waals surface area (Å²) in [6, 6.07) is 6.24. The molecule has 2 rings (SSSR count). The molecule has 1 fully saturated rings. The Kier molecular flexibility index (Phi) is 3.10. The van der Waals surface area contributed by atoms with Crippen molar-refractivity contribution in [2.75, 3.05) is 6.54 Å². The second-order valence-corrected chi connectivity index (χ2v) is 4.26. The highest BCUT2D eigenvalue weighted by atomic mass is 16.3. The zero-order chi connectivity index (χ0) is 11.5. The van der Waals surface area contributed by atoms with Gasteiger partial charge < -0.3 is 16.2 Å². The van der Waals surface area contributed by atoms with Crippen LogP contribution >= 0.6 is 0 Å². The highest BCUT2D eigenvalue weighted by Crippen LogP contribution is 2.31. The smallest absolute Gasteiger partial charge is 0.251 e. The Bertz CT molecular complexity index is 371. The lowest BCUT2D eigenvalue weighted by Crippen LogP contribution is -2.38. The van der Waals surface area contributed by atoms with E-state index in [9.17, 15) is 4.79 Å². The maximum absolute atomic E-state index is 11.7. The third-order valence-corrected chi connectivity index (χ3v) is 2.86. The monoisotopic (exact) mass is 220 g/mol. The van der Waals surface area contributed by atoms with Gasteiger partial charge >= 0.3 is 0 Å². The van der Waals surface area contributed by atoms with Gasteiger partial charge in [0.05, 0.1) is 0 Å². The number of nitrogens with one attached hydrogen (secondary N) is 1. The minimum atomic E-state index is -0.142. The average Bonchev–Trinajstić information content (AvgIpc) is 3.10. The van der Waals surface area contributed by atoms with Gasteiger partial charge in [-0.25, -0.2) is 0 Å². The van der Waals surface area contributed by atoms with Gasteiger partial charge in [0, 0.05) is 18.2 Å². The van der Waals surface area contributed by atoms with E-state index in [2.05, 4.69) is 5.32 Å². The minimum Gasteiger partial charge on any atom is -0.508 e. The first-order chi connectivity index (χ1) is 7.66. The number of hydrogen-bond acceptors (Lipinski definition) is 3. The van der Waals surface area contributed by atoms with Crippen molar-refractivity contribution < 1.29 is 9.90 Å². The van der Waals surface area contributed by atoms with E-state index in [-0.39, 0.29) is 17.7 Å². The second kappa shape index (κ2) is 4.53. The Morgan fingerprint density at radius 3 is 2.62 bits per heavy atom. The molecule has 0 aliphatic heterocycles. The summed E-state index contributed by atoms with van der Waals surface area (Å²) in [7, 11) is 0. The molecule has 0 spiro atoms. The van der Waals surface area contributed by atoms with Crippen LogP contribution < -0.4 is 11.1 Å². The van der Waals surface area contributed by atoms with Crippen LogP contribution in [0.3, 0.4) is 0 Å². The fourth-order valence-corrected chi connectivity index (χ4v) is 1.62. The van der Waals surface area contributed by atoms with Gasteiger partial charge in [0.15, 0.2) is 0 Å². The molecule has 1 saturated carbocycles. The quantitative estimate of drug-likeness (QED) is 0.704. The number of phenolic OH excluding ortho intramolecular Hbond substituents is 1. The van der Waals surface area contributed by atoms with Crippen LogP contribution in [0.1, 0.15) is 23.2 Å². The average molecular weight is 220 g/mol. The van der Waals surface area contributed by atoms with Gasteiger partial charge in [-0.3, -0.25) is 4.79 Å². The van der Waals surface area contributed by atoms with Crippen LogP contribution in [0.25, 0.3) is 0 Å². The fourth-order valence-electron chi connectivity index (χ4n) is 1.62. The van der Waals surface area contributed by atoms with Crippen molar-refractivity contribution in [3.63, 3.8) is 0 Å². The molecule has 0 bridgehead atoms. The second-order valence-electron chi connectivity index (χ2n) is 4.26. The first kappa shape index (κ1) is 11.0. The predicted molar refractivity (Wildman–Crippen MR) is 61.1 cm³/mol. The molecule has 1 atom stereocenters. The number of carbonyl (C=O) groups is 1. The third-order valence-electron chi connectivity index (χ3n) is 2.86. The van der Waals surface area contributed by atoms with Gasteiger partial charge in [-0.05, 0) is 43.0 Å². The number of phenols is 1. The van der Waals surface area contributed by atoms with E-state index in [4.69, 9.17) is 10.8 Å². The van der Waals surface area contributed by atoms with E-state index in [0.29, 0.717) is 18.0 Å². The zero-order valence-corrected chi connectivity index (χ0v) is 9.02. The van der Waals surface area contributed by atoms with Crippen molar-refractivity contribution in [2.45, 2.75) is 18.9 Å². The molecule has 16 heavy (non-hydrogen) atoms. The van der Waals surface area contributed by atoms with Crippen molar-refractivity contribution in [3.8, 4) is 5.75 Å². The van der Waals surface area contributed by atoms with Gasteiger partial charge in [0.2, 0.25) is 0 Å². The van der Waals surface area contributed by atoms with Crippen LogP contribution in [0.4, 0.5) is 0 Å². The van der Waals surface area contributed by atoms with E-state index < -0.39 is 0 Å². The Labute approximate surface area is 94.5 Å². The van der Waals surface area contributed by atoms with Crippen molar-refractivity contribution in [3.05, 3.63) is 29.8 Å². The minimum absolute atomic E-state index is 0.0704. The highest BCUT2D eigenvalue weighted by Gasteiger charge is 2.28. The van der Waals surface area contributed by atoms with Crippen LogP contribution in [0, 0.1) is 5.92 Å². The molecule has 4 heteroatoms. The number of rotatable bonds is 4. The normalized spacial score (nSPS) is 16.8. The summed E-state index contributed by atoms with van der Waals surface area (Å²) in [6.07, 6.45) is 2.35. The first-order valence-corrected chi connectivity index (χ1v) is 5.49. The SMILES string of the molecule is NC(CNC(=O)c1ccc(O)cc1)C1CC1. The lowest BCUT2D eigenvalue weighted by Gasteiger charge is -2.11. The molecule has 4 N–H and O–H groups in total. The van der Waals surface area contributed by atoms with Crippen molar-refractivity contribution in [1.29, 1.82) is 0 Å². The summed E-state index contributed by atoms with van der Waals surface area (Å²) in [5.41, 5.74) is 6.42. The van der Waals surface area contributed by atoms with E-state index >= 15 is 0 Å². The van der Waals surface area contributed by atoms with E-state index in [1.165, 1.54) is 25.0 Å². The van der Waals surface area contributed by atoms with Crippen LogP contribution in [-0.4, -0.2) is 23.6 Å². The number of benzene rings is 1. The largest absolute Gasteiger partial charge is 0.508 e. The number of nitrogens with two attached hydrogens (primary N) is 1. The summed E-state index contributed by atoms with van der Waals surface area (Å²) in [5.74, 6) is 0.599. The molecule has 0 aromatic heterocycles. The number of aromatic hydroxyl groups is 1. The highest BCUT2D eigenvalue weighted by molar-refractivity contribution is 5.94. The summed E-state index contributed by atoms with van der Waals surface area (Å²) in [6.45, 7) is 0.518. The molecule has 1 aliphatic rings. The Hall–Kier alpha value is -1.55. The molecule has 0 radical (unpaired) electrons. The topological polar surface area (TPSA) is 75.3 Å². The van der Waals surface area contributed by atoms with Crippen molar-refractivity contribution in [2.24, 2.45) is 11.7 Å². The van der Waals surface area contributed by atoms with E-state index in [1.807, 2.05) is 0 Å². The Morgan fingerprint density at radius 1 is 1.44 bits per heavy atom. The lowest BCUT2D eigenvalue weighted by molar-refractivity contribution is 0.0950. The molecule has 1 aromatic rings. The summed E-state index contributed by atoms with van der Waals surface area (Å²) in [5, 5.41) is 11.9. The fraction of sp³-hybridized carbons (Fsp3) is 0.417. The summed E-state index contributed by atoms with van der Waals surface area (Å²) >= 11 is 0. The van der Waals surface area contributed by atoms with Gasteiger partial charge in [0.1, 0.15) is 5.75 Å². The Morgan fingerprint density at radius 2 is 2.06 bits per heavy atom. The molecule has 86 valence electrons. The molecular formula is C12H16N2O2. The van der Waals surface area contributed by atoms with Gasteiger partial charge in [-0.15, -0.1) is 0 Å². The molecule has 1 amide bonds. The molecule has 4 nitrogen and oxygen atoms in total. The molecule has 0 saturated heterocycles. The number of hydrogen-bond donors (Lipinski definition) is 3. The maximum Gasteiger partial charge on any atom is 0.251 e. The molecule has 1 aliphatic carbocycles. The van der Waals surface area contributed by atoms with Crippen LogP contribution in [0.2, 0.25) is 0 Å². The zero-order valence-electron chi connectivity index (χ0n) is 9.02. The van der Waals surface area contributed by atoms with Crippen molar-refractivity contribution >= 4 is 5.91 Å². The van der Waals surface area contributed by atoms with Gasteiger partial charge in [-0.2, -0.15) is 0 Å². The van der Waals surface area contributed by atoms with E-state index in [1.54, 1.807) is 12.1 Å². The van der Waals surface area contributed by atoms with Gasteiger partial charge in [0.25, 0.3) is 5.91 Å². The Balaban J connectivity index is 1.85. The lowest BCUT2D eigenvalue weighted by atomic mass is 10.1. The molecule has 1 aromatic carbocycles. The van der Waals surface area contributed by atoms with Crippen LogP contribution in [0.5, 0.6) is 5.75 Å².